The average molecular weight is 419 g/mol. The highest BCUT2D eigenvalue weighted by atomic mass is 79.9. The molecule has 1 aromatic heterocycles. The van der Waals surface area contributed by atoms with E-state index in [2.05, 4.69) is 42.2 Å². The van der Waals surface area contributed by atoms with Crippen molar-refractivity contribution in [3.8, 4) is 0 Å². The lowest BCUT2D eigenvalue weighted by molar-refractivity contribution is -0.412. The quantitative estimate of drug-likeness (QED) is 0.725. The molecule has 2 rings (SSSR count). The van der Waals surface area contributed by atoms with Crippen molar-refractivity contribution in [1.29, 1.82) is 0 Å². The second-order valence-electron chi connectivity index (χ2n) is 3.64. The van der Waals surface area contributed by atoms with Crippen LogP contribution in [0.4, 0.5) is 0 Å². The van der Waals surface area contributed by atoms with Gasteiger partial charge in [-0.1, -0.05) is 29.8 Å². The molecule has 0 aliphatic heterocycles. The molecule has 0 saturated carbocycles. The zero-order valence-corrected chi connectivity index (χ0v) is 15.0. The summed E-state index contributed by atoms with van der Waals surface area (Å²) in [5.74, 6) is -0.342. The van der Waals surface area contributed by atoms with E-state index < -0.39 is 0 Å². The maximum absolute atomic E-state index is 11.8. The lowest BCUT2D eigenvalue weighted by atomic mass is 10.2. The molecule has 21 heavy (non-hydrogen) atoms. The van der Waals surface area contributed by atoms with Gasteiger partial charge in [-0.05, 0) is 34.1 Å². The average Bonchev–Trinajstić information content (AvgIpc) is 2.48. The maximum Gasteiger partial charge on any atom is 0.387 e. The molecule has 112 valence electrons. The SMILES string of the molecule is CC.CNC(=O)c1cc2cc(Br)cc(Br)c2oc1=[NH+]C=O. The number of hydrogen-bond donors (Lipinski definition) is 2. The summed E-state index contributed by atoms with van der Waals surface area (Å²) in [6, 6.07) is 5.29. The minimum Gasteiger partial charge on any atom is -0.403 e. The second-order valence-corrected chi connectivity index (χ2v) is 5.41. The first-order chi connectivity index (χ1) is 10.1. The molecule has 2 aromatic rings. The fraction of sp³-hybridized carbons (Fsp3) is 0.214. The van der Waals surface area contributed by atoms with Gasteiger partial charge in [0.05, 0.1) is 4.47 Å². The first-order valence-corrected chi connectivity index (χ1v) is 7.83. The van der Waals surface area contributed by atoms with Gasteiger partial charge < -0.3 is 9.73 Å². The Labute approximate surface area is 138 Å². The van der Waals surface area contributed by atoms with Crippen LogP contribution in [0, 0.1) is 0 Å². The molecular formula is C14H15Br2N2O3+. The Kier molecular flexibility index (Phi) is 6.77. The number of amides is 2. The van der Waals surface area contributed by atoms with Crippen molar-refractivity contribution in [3.05, 3.63) is 38.3 Å². The Bertz CT molecular complexity index is 739. The van der Waals surface area contributed by atoms with Gasteiger partial charge in [-0.15, -0.1) is 4.99 Å². The van der Waals surface area contributed by atoms with Crippen LogP contribution in [0.3, 0.4) is 0 Å². The van der Waals surface area contributed by atoms with Gasteiger partial charge in [0.25, 0.3) is 5.91 Å². The zero-order chi connectivity index (χ0) is 16.0. The maximum atomic E-state index is 11.8. The summed E-state index contributed by atoms with van der Waals surface area (Å²) < 4.78 is 7.14. The highest BCUT2D eigenvalue weighted by Crippen LogP contribution is 2.27. The molecular weight excluding hydrogens is 404 g/mol. The van der Waals surface area contributed by atoms with E-state index in [-0.39, 0.29) is 17.0 Å². The zero-order valence-electron chi connectivity index (χ0n) is 11.8. The van der Waals surface area contributed by atoms with E-state index in [1.165, 1.54) is 7.05 Å². The van der Waals surface area contributed by atoms with Gasteiger partial charge in [0.1, 0.15) is 0 Å². The lowest BCUT2D eigenvalue weighted by Crippen LogP contribution is -2.76. The standard InChI is InChI=1S/C12H8Br2N2O3.C2H6/c1-15-11(18)8-3-6-2-7(13)4-9(14)10(6)19-12(8)16-5-17;1-2/h2-5H,1H3,(H,15,18);1-2H3/p+1. The van der Waals surface area contributed by atoms with Gasteiger partial charge in [0.15, 0.2) is 11.1 Å². The summed E-state index contributed by atoms with van der Waals surface area (Å²) in [5.41, 5.74) is 0.900. The Morgan fingerprint density at radius 3 is 2.52 bits per heavy atom. The first-order valence-electron chi connectivity index (χ1n) is 6.25. The van der Waals surface area contributed by atoms with E-state index in [1.54, 1.807) is 6.07 Å². The van der Waals surface area contributed by atoms with Crippen LogP contribution in [0.1, 0.15) is 24.2 Å². The molecule has 5 nitrogen and oxygen atoms in total. The third-order valence-corrected chi connectivity index (χ3v) is 3.49. The molecule has 0 spiro atoms. The van der Waals surface area contributed by atoms with Crippen molar-refractivity contribution in [2.24, 2.45) is 0 Å². The van der Waals surface area contributed by atoms with Crippen molar-refractivity contribution in [1.82, 2.24) is 5.32 Å². The minimum atomic E-state index is -0.342. The number of halogens is 2. The molecule has 0 unspecified atom stereocenters. The lowest BCUT2D eigenvalue weighted by Gasteiger charge is -2.03. The number of fused-ring (bicyclic) bond motifs is 1. The van der Waals surface area contributed by atoms with Gasteiger partial charge in [-0.2, -0.15) is 0 Å². The van der Waals surface area contributed by atoms with Crippen LogP contribution < -0.4 is 15.9 Å². The summed E-state index contributed by atoms with van der Waals surface area (Å²) in [4.78, 5) is 24.7. The van der Waals surface area contributed by atoms with Gasteiger partial charge in [-0.25, -0.2) is 4.79 Å². The fourth-order valence-electron chi connectivity index (χ4n) is 1.64. The van der Waals surface area contributed by atoms with E-state index in [9.17, 15) is 9.59 Å². The molecule has 0 aliphatic rings. The fourth-order valence-corrected chi connectivity index (χ4v) is 2.98. The Hall–Kier alpha value is -1.47. The highest BCUT2D eigenvalue weighted by molar-refractivity contribution is 9.11. The van der Waals surface area contributed by atoms with E-state index >= 15 is 0 Å². The third kappa shape index (κ3) is 4.01. The molecule has 0 radical (unpaired) electrons. The summed E-state index contributed by atoms with van der Waals surface area (Å²) in [6.07, 6.45) is 0.462. The number of benzene rings is 1. The summed E-state index contributed by atoms with van der Waals surface area (Å²) in [7, 11) is 1.51. The molecule has 0 aliphatic carbocycles. The number of carbonyl (C=O) groups excluding carboxylic acids is 2. The van der Waals surface area contributed by atoms with Crippen LogP contribution in [0.25, 0.3) is 11.0 Å². The molecule has 0 fully saturated rings. The van der Waals surface area contributed by atoms with Gasteiger partial charge in [0.2, 0.25) is 0 Å². The van der Waals surface area contributed by atoms with Crippen LogP contribution in [0.5, 0.6) is 0 Å². The van der Waals surface area contributed by atoms with Crippen molar-refractivity contribution >= 4 is 55.1 Å². The summed E-state index contributed by atoms with van der Waals surface area (Å²) >= 11 is 6.74. The molecule has 7 heteroatoms. The molecule has 1 aromatic carbocycles. The van der Waals surface area contributed by atoms with Crippen molar-refractivity contribution in [2.45, 2.75) is 13.8 Å². The van der Waals surface area contributed by atoms with Gasteiger partial charge in [0, 0.05) is 16.9 Å². The Morgan fingerprint density at radius 1 is 1.29 bits per heavy atom. The third-order valence-electron chi connectivity index (χ3n) is 2.45. The molecule has 0 atom stereocenters. The molecule has 2 N–H and O–H groups in total. The Balaban J connectivity index is 0.00000106. The van der Waals surface area contributed by atoms with Crippen molar-refractivity contribution in [3.63, 3.8) is 0 Å². The van der Waals surface area contributed by atoms with Crippen LogP contribution >= 0.6 is 31.9 Å². The molecule has 2 amide bonds. The predicted octanol–water partition coefficient (Wildman–Crippen LogP) is 1.48. The largest absolute Gasteiger partial charge is 0.403 e. The normalized spacial score (nSPS) is 10.8. The number of hydrogen-bond acceptors (Lipinski definition) is 3. The van der Waals surface area contributed by atoms with Gasteiger partial charge in [-0.3, -0.25) is 4.79 Å². The van der Waals surface area contributed by atoms with E-state index in [0.29, 0.717) is 16.5 Å². The van der Waals surface area contributed by atoms with Crippen LogP contribution in [0.2, 0.25) is 0 Å². The monoisotopic (exact) mass is 417 g/mol. The number of nitrogens with one attached hydrogen (secondary N) is 2. The number of carbonyl (C=O) groups is 2. The second kappa shape index (κ2) is 8.09. The van der Waals surface area contributed by atoms with E-state index in [4.69, 9.17) is 4.42 Å². The molecule has 0 bridgehead atoms. The minimum absolute atomic E-state index is 0.102. The summed E-state index contributed by atoms with van der Waals surface area (Å²) in [6.45, 7) is 4.00. The highest BCUT2D eigenvalue weighted by Gasteiger charge is 2.16. The smallest absolute Gasteiger partial charge is 0.387 e. The van der Waals surface area contributed by atoms with Crippen LogP contribution in [0.15, 0.2) is 31.6 Å². The van der Waals surface area contributed by atoms with Gasteiger partial charge >= 0.3 is 12.0 Å². The number of rotatable bonds is 2. The first kappa shape index (κ1) is 17.6. The van der Waals surface area contributed by atoms with E-state index in [1.807, 2.05) is 26.0 Å². The Morgan fingerprint density at radius 2 is 1.95 bits per heavy atom. The predicted molar refractivity (Wildman–Crippen MR) is 86.5 cm³/mol. The van der Waals surface area contributed by atoms with Crippen LogP contribution in [-0.2, 0) is 4.79 Å². The molecule has 0 saturated heterocycles. The van der Waals surface area contributed by atoms with E-state index in [0.717, 1.165) is 9.86 Å². The van der Waals surface area contributed by atoms with Crippen molar-refractivity contribution < 1.29 is 19.0 Å². The van der Waals surface area contributed by atoms with Crippen LogP contribution in [-0.4, -0.2) is 19.4 Å². The van der Waals surface area contributed by atoms with Crippen molar-refractivity contribution in [2.75, 3.05) is 7.05 Å². The molecule has 1 heterocycles. The summed E-state index contributed by atoms with van der Waals surface area (Å²) in [5, 5.41) is 3.23. The topological polar surface area (TPSA) is 73.3 Å².